The fourth-order valence-corrected chi connectivity index (χ4v) is 2.12. The molecule has 0 radical (unpaired) electrons. The molecule has 0 unspecified atom stereocenters. The molecule has 0 amide bonds. The van der Waals surface area contributed by atoms with Crippen LogP contribution in [0, 0.1) is 11.3 Å². The molecule has 6 heteroatoms. The Kier molecular flexibility index (Phi) is 4.55. The molecule has 2 aromatic rings. The summed E-state index contributed by atoms with van der Waals surface area (Å²) in [6.07, 6.45) is 3.63. The number of anilines is 2. The van der Waals surface area contributed by atoms with E-state index < -0.39 is 0 Å². The second-order valence-corrected chi connectivity index (χ2v) is 4.87. The average molecular weight is 321 g/mol. The average Bonchev–Trinajstić information content (AvgIpc) is 2.83. The van der Waals surface area contributed by atoms with E-state index in [1.807, 2.05) is 12.3 Å². The maximum atomic E-state index is 8.92. The second-order valence-electron chi connectivity index (χ2n) is 3.95. The number of ether oxygens (including phenoxy) is 1. The van der Waals surface area contributed by atoms with Crippen LogP contribution >= 0.6 is 15.9 Å². The van der Waals surface area contributed by atoms with E-state index in [0.29, 0.717) is 18.7 Å². The molecule has 1 aromatic carbocycles. The lowest BCUT2D eigenvalue weighted by Crippen LogP contribution is -2.03. The summed E-state index contributed by atoms with van der Waals surface area (Å²) >= 11 is 3.38. The van der Waals surface area contributed by atoms with E-state index in [9.17, 15) is 0 Å². The predicted octanol–water partition coefficient (Wildman–Crippen LogP) is 2.91. The minimum Gasteiger partial charge on any atom is -0.383 e. The Morgan fingerprint density at radius 2 is 2.26 bits per heavy atom. The lowest BCUT2D eigenvalue weighted by atomic mass is 10.2. The van der Waals surface area contributed by atoms with Crippen molar-refractivity contribution in [1.82, 2.24) is 9.78 Å². The first-order chi connectivity index (χ1) is 9.21. The third kappa shape index (κ3) is 3.81. The maximum absolute atomic E-state index is 8.92. The molecule has 0 fully saturated rings. The highest BCUT2D eigenvalue weighted by Crippen LogP contribution is 2.22. The zero-order valence-electron chi connectivity index (χ0n) is 10.4. The van der Waals surface area contributed by atoms with Crippen LogP contribution in [0.4, 0.5) is 11.4 Å². The van der Waals surface area contributed by atoms with Crippen LogP contribution in [-0.2, 0) is 11.3 Å². The number of halogens is 1. The quantitative estimate of drug-likeness (QED) is 0.920. The van der Waals surface area contributed by atoms with Crippen LogP contribution in [0.5, 0.6) is 0 Å². The van der Waals surface area contributed by atoms with Crippen molar-refractivity contribution in [2.75, 3.05) is 19.0 Å². The molecule has 1 aromatic heterocycles. The van der Waals surface area contributed by atoms with Crippen molar-refractivity contribution in [3.63, 3.8) is 0 Å². The predicted molar refractivity (Wildman–Crippen MR) is 76.2 cm³/mol. The van der Waals surface area contributed by atoms with Crippen LogP contribution in [0.1, 0.15) is 5.56 Å². The van der Waals surface area contributed by atoms with Gasteiger partial charge in [0.05, 0.1) is 36.7 Å². The Morgan fingerprint density at radius 1 is 1.42 bits per heavy atom. The van der Waals surface area contributed by atoms with Crippen molar-refractivity contribution in [3.8, 4) is 6.07 Å². The summed E-state index contributed by atoms with van der Waals surface area (Å²) in [5.41, 5.74) is 2.32. The van der Waals surface area contributed by atoms with Gasteiger partial charge >= 0.3 is 0 Å². The Morgan fingerprint density at radius 3 is 3.00 bits per heavy atom. The van der Waals surface area contributed by atoms with E-state index in [4.69, 9.17) is 10.00 Å². The third-order valence-corrected chi connectivity index (χ3v) is 2.93. The van der Waals surface area contributed by atoms with E-state index in [1.165, 1.54) is 0 Å². The van der Waals surface area contributed by atoms with Gasteiger partial charge in [-0.1, -0.05) is 15.9 Å². The summed E-state index contributed by atoms with van der Waals surface area (Å²) in [6, 6.07) is 7.59. The first-order valence-electron chi connectivity index (χ1n) is 5.70. The smallest absolute Gasteiger partial charge is 0.0992 e. The molecule has 5 nitrogen and oxygen atoms in total. The van der Waals surface area contributed by atoms with Gasteiger partial charge in [0.1, 0.15) is 0 Å². The number of nitriles is 1. The van der Waals surface area contributed by atoms with Gasteiger partial charge in [-0.05, 0) is 18.2 Å². The van der Waals surface area contributed by atoms with Crippen LogP contribution in [0.3, 0.4) is 0 Å². The molecule has 98 valence electrons. The zero-order chi connectivity index (χ0) is 13.7. The Hall–Kier alpha value is -1.84. The molecule has 0 atom stereocenters. The van der Waals surface area contributed by atoms with E-state index in [1.54, 1.807) is 30.1 Å². The summed E-state index contributed by atoms with van der Waals surface area (Å²) in [4.78, 5) is 0. The largest absolute Gasteiger partial charge is 0.383 e. The molecule has 2 rings (SSSR count). The van der Waals surface area contributed by atoms with E-state index in [0.717, 1.165) is 15.8 Å². The van der Waals surface area contributed by atoms with E-state index >= 15 is 0 Å². The Balaban J connectivity index is 2.10. The van der Waals surface area contributed by atoms with Gasteiger partial charge in [0.25, 0.3) is 0 Å². The van der Waals surface area contributed by atoms with Gasteiger partial charge in [-0.25, -0.2) is 0 Å². The van der Waals surface area contributed by atoms with E-state index in [-0.39, 0.29) is 0 Å². The Labute approximate surface area is 119 Å². The molecule has 0 aliphatic heterocycles. The topological polar surface area (TPSA) is 62.9 Å². The molecule has 1 N–H and O–H groups in total. The number of aromatic nitrogens is 2. The highest BCUT2D eigenvalue weighted by molar-refractivity contribution is 9.10. The highest BCUT2D eigenvalue weighted by atomic mass is 79.9. The van der Waals surface area contributed by atoms with Crippen molar-refractivity contribution in [1.29, 1.82) is 5.26 Å². The fraction of sp³-hybridized carbons (Fsp3) is 0.231. The molecule has 1 heterocycles. The monoisotopic (exact) mass is 320 g/mol. The Bertz CT molecular complexity index is 603. The number of nitrogens with zero attached hydrogens (tertiary/aromatic N) is 3. The molecule has 0 aliphatic rings. The molecule has 0 spiro atoms. The van der Waals surface area contributed by atoms with Gasteiger partial charge in [0, 0.05) is 23.5 Å². The first-order valence-corrected chi connectivity index (χ1v) is 6.49. The first kappa shape index (κ1) is 13.6. The maximum Gasteiger partial charge on any atom is 0.0992 e. The minimum absolute atomic E-state index is 0.601. The second kappa shape index (κ2) is 6.36. The van der Waals surface area contributed by atoms with Gasteiger partial charge in [0.15, 0.2) is 0 Å². The molecule has 0 bridgehead atoms. The third-order valence-electron chi connectivity index (χ3n) is 2.47. The minimum atomic E-state index is 0.601. The van der Waals surface area contributed by atoms with Gasteiger partial charge in [-0.2, -0.15) is 10.4 Å². The van der Waals surface area contributed by atoms with Crippen LogP contribution in [-0.4, -0.2) is 23.5 Å². The number of benzene rings is 1. The van der Waals surface area contributed by atoms with Gasteiger partial charge < -0.3 is 10.1 Å². The van der Waals surface area contributed by atoms with Crippen LogP contribution < -0.4 is 5.32 Å². The number of nitrogens with one attached hydrogen (secondary N) is 1. The molecule has 19 heavy (non-hydrogen) atoms. The SMILES string of the molecule is COCCn1cc(Nc2cc(Br)cc(C#N)c2)cn1. The van der Waals surface area contributed by atoms with Gasteiger partial charge in [-0.3, -0.25) is 4.68 Å². The molecule has 0 aliphatic carbocycles. The van der Waals surface area contributed by atoms with Gasteiger partial charge in [-0.15, -0.1) is 0 Å². The van der Waals surface area contributed by atoms with Crippen LogP contribution in [0.2, 0.25) is 0 Å². The van der Waals surface area contributed by atoms with Crippen molar-refractivity contribution in [2.45, 2.75) is 6.54 Å². The number of rotatable bonds is 5. The van der Waals surface area contributed by atoms with Crippen molar-refractivity contribution in [3.05, 3.63) is 40.6 Å². The summed E-state index contributed by atoms with van der Waals surface area (Å²) in [6.45, 7) is 1.33. The molecule has 0 saturated heterocycles. The van der Waals surface area contributed by atoms with Crippen molar-refractivity contribution >= 4 is 27.3 Å². The summed E-state index contributed by atoms with van der Waals surface area (Å²) in [5.74, 6) is 0. The number of methoxy groups -OCH3 is 1. The number of hydrogen-bond donors (Lipinski definition) is 1. The summed E-state index contributed by atoms with van der Waals surface area (Å²) in [5, 5.41) is 16.3. The lowest BCUT2D eigenvalue weighted by molar-refractivity contribution is 0.183. The standard InChI is InChI=1S/C13H13BrN4O/c1-19-3-2-18-9-13(8-16-18)17-12-5-10(7-15)4-11(14)6-12/h4-6,8-9,17H,2-3H2,1H3. The van der Waals surface area contributed by atoms with Crippen molar-refractivity contribution < 1.29 is 4.74 Å². The summed E-state index contributed by atoms with van der Waals surface area (Å²) in [7, 11) is 1.66. The van der Waals surface area contributed by atoms with Crippen molar-refractivity contribution in [2.24, 2.45) is 0 Å². The normalized spacial score (nSPS) is 10.2. The molecular formula is C13H13BrN4O. The zero-order valence-corrected chi connectivity index (χ0v) is 12.0. The van der Waals surface area contributed by atoms with Crippen LogP contribution in [0.25, 0.3) is 0 Å². The highest BCUT2D eigenvalue weighted by Gasteiger charge is 2.02. The summed E-state index contributed by atoms with van der Waals surface area (Å²) < 4.78 is 7.66. The molecular weight excluding hydrogens is 308 g/mol. The molecule has 0 saturated carbocycles. The number of hydrogen-bond acceptors (Lipinski definition) is 4. The van der Waals surface area contributed by atoms with E-state index in [2.05, 4.69) is 32.4 Å². The lowest BCUT2D eigenvalue weighted by Gasteiger charge is -2.04. The fourth-order valence-electron chi connectivity index (χ4n) is 1.63. The van der Waals surface area contributed by atoms with Gasteiger partial charge in [0.2, 0.25) is 0 Å². The van der Waals surface area contributed by atoms with Crippen LogP contribution in [0.15, 0.2) is 35.1 Å².